The Balaban J connectivity index is 2.24. The molecule has 4 atom stereocenters. The highest BCUT2D eigenvalue weighted by Crippen LogP contribution is 2.46. The van der Waals surface area contributed by atoms with E-state index in [-0.39, 0.29) is 11.8 Å². The van der Waals surface area contributed by atoms with Crippen LogP contribution in [0.2, 0.25) is 0 Å². The largest absolute Gasteiger partial charge is 0.282 e. The van der Waals surface area contributed by atoms with Crippen LogP contribution in [0.5, 0.6) is 0 Å². The maximum atomic E-state index is 10.6. The summed E-state index contributed by atoms with van der Waals surface area (Å²) in [5.41, 5.74) is 0. The number of hydrogen-bond donors (Lipinski definition) is 0. The van der Waals surface area contributed by atoms with Crippen molar-refractivity contribution in [1.82, 2.24) is 0 Å². The molecule has 2 bridgehead atoms. The molecule has 0 unspecified atom stereocenters. The van der Waals surface area contributed by atoms with Crippen LogP contribution in [0, 0.1) is 32.1 Å². The Labute approximate surface area is 74.2 Å². The third kappa shape index (κ3) is 1.08. The van der Waals surface area contributed by atoms with Crippen molar-refractivity contribution >= 4 is 0 Å². The first-order valence-electron chi connectivity index (χ1n) is 4.38. The van der Waals surface area contributed by atoms with Crippen molar-refractivity contribution in [2.45, 2.75) is 31.3 Å². The molecule has 0 aromatic carbocycles. The van der Waals surface area contributed by atoms with Crippen LogP contribution in [0.1, 0.15) is 19.3 Å². The van der Waals surface area contributed by atoms with E-state index in [0.29, 0.717) is 6.42 Å². The summed E-state index contributed by atoms with van der Waals surface area (Å²) < 4.78 is 0. The van der Waals surface area contributed by atoms with Gasteiger partial charge in [0, 0.05) is 21.7 Å². The lowest BCUT2D eigenvalue weighted by Crippen LogP contribution is -2.43. The lowest BCUT2D eigenvalue weighted by molar-refractivity contribution is -0.623. The number of rotatable bonds is 2. The molecule has 13 heavy (non-hydrogen) atoms. The molecule has 0 aromatic rings. The van der Waals surface area contributed by atoms with Crippen LogP contribution in [-0.2, 0) is 0 Å². The van der Waals surface area contributed by atoms with Gasteiger partial charge in [0.1, 0.15) is 0 Å². The average Bonchev–Trinajstić information content (AvgIpc) is 2.60. The second kappa shape index (κ2) is 2.65. The Kier molecular flexibility index (Phi) is 1.71. The molecule has 0 radical (unpaired) electrons. The summed E-state index contributed by atoms with van der Waals surface area (Å²) in [6.07, 6.45) is 2.26. The zero-order valence-corrected chi connectivity index (χ0v) is 6.96. The Morgan fingerprint density at radius 3 is 1.62 bits per heavy atom. The smallest absolute Gasteiger partial charge is 0.264 e. The Morgan fingerprint density at radius 2 is 1.31 bits per heavy atom. The molecule has 0 amide bonds. The molecule has 0 aromatic heterocycles. The summed E-state index contributed by atoms with van der Waals surface area (Å²) in [6, 6.07) is -1.84. The standard InChI is InChI=1S/C7H10N2O4/c10-8(11)6-4-1-2-5(3-4)7(6)9(12)13/h4-7H,1-3H2/t4-,5+,6+,7-. The molecule has 2 fully saturated rings. The molecule has 0 spiro atoms. The summed E-state index contributed by atoms with van der Waals surface area (Å²) in [4.78, 5) is 20.3. The molecule has 72 valence electrons. The minimum atomic E-state index is -0.922. The monoisotopic (exact) mass is 186 g/mol. The summed E-state index contributed by atoms with van der Waals surface area (Å²) in [5.74, 6) is -0.0919. The number of nitrogens with zero attached hydrogens (tertiary/aromatic N) is 2. The molecular weight excluding hydrogens is 176 g/mol. The quantitative estimate of drug-likeness (QED) is 0.469. The lowest BCUT2D eigenvalue weighted by Gasteiger charge is -2.17. The highest BCUT2D eigenvalue weighted by Gasteiger charge is 2.61. The summed E-state index contributed by atoms with van der Waals surface area (Å²) >= 11 is 0. The molecular formula is C7H10N2O4. The summed E-state index contributed by atoms with van der Waals surface area (Å²) in [6.45, 7) is 0. The second-order valence-corrected chi connectivity index (χ2v) is 3.89. The fraction of sp³-hybridized carbons (Fsp3) is 1.00. The zero-order valence-electron chi connectivity index (χ0n) is 6.96. The van der Waals surface area contributed by atoms with Gasteiger partial charge in [-0.15, -0.1) is 0 Å². The van der Waals surface area contributed by atoms with E-state index in [4.69, 9.17) is 0 Å². The highest BCUT2D eigenvalue weighted by atomic mass is 16.6. The van der Waals surface area contributed by atoms with Crippen molar-refractivity contribution in [3.8, 4) is 0 Å². The van der Waals surface area contributed by atoms with Gasteiger partial charge >= 0.3 is 0 Å². The summed E-state index contributed by atoms with van der Waals surface area (Å²) in [5, 5.41) is 21.2. The van der Waals surface area contributed by atoms with E-state index in [0.717, 1.165) is 12.8 Å². The molecule has 0 N–H and O–H groups in total. The van der Waals surface area contributed by atoms with Gasteiger partial charge in [-0.05, 0) is 19.3 Å². The Morgan fingerprint density at radius 1 is 0.923 bits per heavy atom. The fourth-order valence-electron chi connectivity index (χ4n) is 2.82. The predicted molar refractivity (Wildman–Crippen MR) is 42.4 cm³/mol. The van der Waals surface area contributed by atoms with E-state index in [1.54, 1.807) is 0 Å². The third-order valence-electron chi connectivity index (χ3n) is 3.32. The first-order valence-corrected chi connectivity index (χ1v) is 4.38. The molecule has 2 rings (SSSR count). The van der Waals surface area contributed by atoms with Crippen molar-refractivity contribution in [1.29, 1.82) is 0 Å². The molecule has 2 saturated carbocycles. The van der Waals surface area contributed by atoms with Gasteiger partial charge in [-0.25, -0.2) is 0 Å². The molecule has 0 saturated heterocycles. The maximum absolute atomic E-state index is 10.6. The third-order valence-corrected chi connectivity index (χ3v) is 3.32. The minimum Gasteiger partial charge on any atom is -0.264 e. The van der Waals surface area contributed by atoms with Gasteiger partial charge in [0.05, 0.1) is 0 Å². The zero-order chi connectivity index (χ0) is 9.59. The molecule has 6 nitrogen and oxygen atoms in total. The molecule has 2 aliphatic rings. The van der Waals surface area contributed by atoms with Gasteiger partial charge < -0.3 is 0 Å². The van der Waals surface area contributed by atoms with Crippen LogP contribution in [0.4, 0.5) is 0 Å². The summed E-state index contributed by atoms with van der Waals surface area (Å²) in [7, 11) is 0. The van der Waals surface area contributed by atoms with Crippen LogP contribution < -0.4 is 0 Å². The van der Waals surface area contributed by atoms with Crippen LogP contribution >= 0.6 is 0 Å². The van der Waals surface area contributed by atoms with Crippen molar-refractivity contribution < 1.29 is 9.85 Å². The van der Waals surface area contributed by atoms with Gasteiger partial charge in [-0.2, -0.15) is 0 Å². The number of hydrogen-bond acceptors (Lipinski definition) is 4. The molecule has 0 heterocycles. The number of nitro groups is 2. The Hall–Kier alpha value is -1.20. The van der Waals surface area contributed by atoms with Gasteiger partial charge in [0.2, 0.25) is 0 Å². The van der Waals surface area contributed by atoms with Gasteiger partial charge in [0.15, 0.2) is 0 Å². The van der Waals surface area contributed by atoms with E-state index < -0.39 is 21.9 Å². The van der Waals surface area contributed by atoms with E-state index in [1.807, 2.05) is 0 Å². The normalized spacial score (nSPS) is 42.2. The van der Waals surface area contributed by atoms with Crippen molar-refractivity contribution in [2.24, 2.45) is 11.8 Å². The van der Waals surface area contributed by atoms with Gasteiger partial charge in [0.25, 0.3) is 12.1 Å². The number of fused-ring (bicyclic) bond motifs is 2. The van der Waals surface area contributed by atoms with E-state index in [2.05, 4.69) is 0 Å². The van der Waals surface area contributed by atoms with Crippen LogP contribution in [0.15, 0.2) is 0 Å². The minimum absolute atomic E-state index is 0.0459. The first kappa shape index (κ1) is 8.40. The predicted octanol–water partition coefficient (Wildman–Crippen LogP) is 0.707. The fourth-order valence-corrected chi connectivity index (χ4v) is 2.82. The topological polar surface area (TPSA) is 86.3 Å². The van der Waals surface area contributed by atoms with E-state index in [1.165, 1.54) is 0 Å². The Bertz CT molecular complexity index is 241. The highest BCUT2D eigenvalue weighted by molar-refractivity contribution is 4.97. The van der Waals surface area contributed by atoms with Crippen LogP contribution in [0.3, 0.4) is 0 Å². The first-order chi connectivity index (χ1) is 6.11. The maximum Gasteiger partial charge on any atom is 0.282 e. The molecule has 6 heteroatoms. The van der Waals surface area contributed by atoms with Crippen LogP contribution in [0.25, 0.3) is 0 Å². The van der Waals surface area contributed by atoms with Crippen molar-refractivity contribution in [2.75, 3.05) is 0 Å². The van der Waals surface area contributed by atoms with Gasteiger partial charge in [-0.1, -0.05) is 0 Å². The van der Waals surface area contributed by atoms with Crippen LogP contribution in [-0.4, -0.2) is 21.9 Å². The van der Waals surface area contributed by atoms with Crippen molar-refractivity contribution in [3.05, 3.63) is 20.2 Å². The van der Waals surface area contributed by atoms with E-state index >= 15 is 0 Å². The second-order valence-electron chi connectivity index (χ2n) is 3.89. The van der Waals surface area contributed by atoms with E-state index in [9.17, 15) is 20.2 Å². The molecule has 2 aliphatic carbocycles. The average molecular weight is 186 g/mol. The SMILES string of the molecule is O=[N+]([O-])[C@@H]1[C@H]2CC[C@H](C2)[C@@H]1[N+](=O)[O-]. The lowest BCUT2D eigenvalue weighted by atomic mass is 9.91. The van der Waals surface area contributed by atoms with Crippen molar-refractivity contribution in [3.63, 3.8) is 0 Å². The molecule has 0 aliphatic heterocycles. The van der Waals surface area contributed by atoms with Gasteiger partial charge in [-0.3, -0.25) is 20.2 Å².